The highest BCUT2D eigenvalue weighted by atomic mass is 14.9. The van der Waals surface area contributed by atoms with Crippen molar-refractivity contribution in [2.75, 3.05) is 6.54 Å². The van der Waals surface area contributed by atoms with E-state index in [0.29, 0.717) is 5.92 Å². The summed E-state index contributed by atoms with van der Waals surface area (Å²) in [5.74, 6) is 1.38. The van der Waals surface area contributed by atoms with Crippen molar-refractivity contribution in [3.63, 3.8) is 0 Å². The van der Waals surface area contributed by atoms with Crippen molar-refractivity contribution >= 4 is 0 Å². The van der Waals surface area contributed by atoms with E-state index in [9.17, 15) is 0 Å². The van der Waals surface area contributed by atoms with Crippen LogP contribution in [0.3, 0.4) is 0 Å². The summed E-state index contributed by atoms with van der Waals surface area (Å²) in [7, 11) is 0. The summed E-state index contributed by atoms with van der Waals surface area (Å²) in [6, 6.07) is 0. The highest BCUT2D eigenvalue weighted by Crippen LogP contribution is 2.32. The van der Waals surface area contributed by atoms with Crippen molar-refractivity contribution in [1.29, 1.82) is 0 Å². The fourth-order valence-corrected chi connectivity index (χ4v) is 2.20. The van der Waals surface area contributed by atoms with Crippen molar-refractivity contribution < 1.29 is 0 Å². The topological polar surface area (TPSA) is 51.8 Å². The van der Waals surface area contributed by atoms with Crippen LogP contribution in [0.2, 0.25) is 0 Å². The Balaban J connectivity index is 2.51. The molecular formula is C10H15N3. The molecule has 0 fully saturated rings. The fourth-order valence-electron chi connectivity index (χ4n) is 2.20. The van der Waals surface area contributed by atoms with Crippen molar-refractivity contribution in [2.45, 2.75) is 32.6 Å². The van der Waals surface area contributed by atoms with Crippen LogP contribution in [0.5, 0.6) is 0 Å². The molecule has 13 heavy (non-hydrogen) atoms. The Bertz CT molecular complexity index is 333. The first-order chi connectivity index (χ1) is 6.22. The molecule has 0 amide bonds. The van der Waals surface area contributed by atoms with Crippen LogP contribution in [-0.4, -0.2) is 16.5 Å². The number of hydrogen-bond acceptors (Lipinski definition) is 3. The molecule has 3 heteroatoms. The summed E-state index contributed by atoms with van der Waals surface area (Å²) >= 11 is 0. The molecule has 0 bridgehead atoms. The number of aromatic nitrogens is 2. The minimum Gasteiger partial charge on any atom is -0.330 e. The van der Waals surface area contributed by atoms with Gasteiger partial charge in [0, 0.05) is 17.3 Å². The lowest BCUT2D eigenvalue weighted by Gasteiger charge is -2.10. The van der Waals surface area contributed by atoms with Gasteiger partial charge >= 0.3 is 0 Å². The molecule has 1 heterocycles. The molecule has 0 saturated carbocycles. The predicted octanol–water partition coefficient (Wildman–Crippen LogP) is 1.08. The second-order valence-electron chi connectivity index (χ2n) is 3.69. The summed E-state index contributed by atoms with van der Waals surface area (Å²) in [4.78, 5) is 8.82. The highest BCUT2D eigenvalue weighted by molar-refractivity contribution is 5.33. The molecule has 0 radical (unpaired) electrons. The van der Waals surface area contributed by atoms with Crippen LogP contribution < -0.4 is 5.73 Å². The lowest BCUT2D eigenvalue weighted by Crippen LogP contribution is -2.11. The van der Waals surface area contributed by atoms with Gasteiger partial charge in [-0.15, -0.1) is 0 Å². The third kappa shape index (κ3) is 1.33. The standard InChI is InChI=1S/C10H15N3/c1-6-10-8(5-11)3-4-9(10)13-7(2)12-6/h8H,3-5,11H2,1-2H3. The van der Waals surface area contributed by atoms with E-state index < -0.39 is 0 Å². The number of nitrogens with zero attached hydrogens (tertiary/aromatic N) is 2. The van der Waals surface area contributed by atoms with E-state index >= 15 is 0 Å². The lowest BCUT2D eigenvalue weighted by molar-refractivity contribution is 0.683. The maximum atomic E-state index is 5.70. The van der Waals surface area contributed by atoms with Gasteiger partial charge in [0.25, 0.3) is 0 Å². The largest absolute Gasteiger partial charge is 0.330 e. The van der Waals surface area contributed by atoms with Gasteiger partial charge in [0.05, 0.1) is 0 Å². The Morgan fingerprint density at radius 2 is 2.15 bits per heavy atom. The molecule has 0 aliphatic heterocycles. The Labute approximate surface area is 78.4 Å². The van der Waals surface area contributed by atoms with Crippen LogP contribution in [0.15, 0.2) is 0 Å². The Morgan fingerprint density at radius 3 is 2.85 bits per heavy atom. The van der Waals surface area contributed by atoms with Crippen molar-refractivity contribution in [3.05, 3.63) is 22.8 Å². The first kappa shape index (κ1) is 8.63. The third-order valence-corrected chi connectivity index (χ3v) is 2.75. The third-order valence-electron chi connectivity index (χ3n) is 2.75. The van der Waals surface area contributed by atoms with E-state index in [4.69, 9.17) is 5.73 Å². The highest BCUT2D eigenvalue weighted by Gasteiger charge is 2.25. The molecule has 1 aliphatic rings. The van der Waals surface area contributed by atoms with E-state index in [1.54, 1.807) is 0 Å². The number of fused-ring (bicyclic) bond motifs is 1. The second kappa shape index (κ2) is 3.07. The average Bonchev–Trinajstić information content (AvgIpc) is 2.47. The zero-order valence-corrected chi connectivity index (χ0v) is 8.17. The number of aryl methyl sites for hydroxylation is 3. The van der Waals surface area contributed by atoms with Gasteiger partial charge in [0.2, 0.25) is 0 Å². The molecule has 3 nitrogen and oxygen atoms in total. The molecule has 2 rings (SSSR count). The molecular weight excluding hydrogens is 162 g/mol. The van der Waals surface area contributed by atoms with Gasteiger partial charge in [-0.25, -0.2) is 9.97 Å². The van der Waals surface area contributed by atoms with Gasteiger partial charge in [-0.1, -0.05) is 0 Å². The van der Waals surface area contributed by atoms with Crippen LogP contribution in [0.25, 0.3) is 0 Å². The van der Waals surface area contributed by atoms with Crippen LogP contribution in [0.1, 0.15) is 35.1 Å². The SMILES string of the molecule is Cc1nc(C)c2c(n1)CCC2CN. The molecule has 1 aromatic heterocycles. The number of nitrogens with two attached hydrogens (primary N) is 1. The van der Waals surface area contributed by atoms with E-state index in [0.717, 1.165) is 30.9 Å². The zero-order valence-electron chi connectivity index (χ0n) is 8.17. The van der Waals surface area contributed by atoms with Crippen molar-refractivity contribution in [3.8, 4) is 0 Å². The van der Waals surface area contributed by atoms with Gasteiger partial charge < -0.3 is 5.73 Å². The smallest absolute Gasteiger partial charge is 0.125 e. The Kier molecular flexibility index (Phi) is 2.04. The van der Waals surface area contributed by atoms with Gasteiger partial charge in [-0.2, -0.15) is 0 Å². The summed E-state index contributed by atoms with van der Waals surface area (Å²) < 4.78 is 0. The van der Waals surface area contributed by atoms with E-state index in [-0.39, 0.29) is 0 Å². The van der Waals surface area contributed by atoms with Crippen LogP contribution in [0, 0.1) is 13.8 Å². The van der Waals surface area contributed by atoms with Crippen LogP contribution in [0.4, 0.5) is 0 Å². The predicted molar refractivity (Wildman–Crippen MR) is 51.6 cm³/mol. The summed E-state index contributed by atoms with van der Waals surface area (Å²) in [6.45, 7) is 4.73. The van der Waals surface area contributed by atoms with E-state index in [2.05, 4.69) is 16.9 Å². The summed E-state index contributed by atoms with van der Waals surface area (Å²) in [5, 5.41) is 0. The van der Waals surface area contributed by atoms with Crippen molar-refractivity contribution in [2.24, 2.45) is 5.73 Å². The van der Waals surface area contributed by atoms with Gasteiger partial charge in [-0.05, 0) is 38.8 Å². The minimum atomic E-state index is 0.496. The van der Waals surface area contributed by atoms with Gasteiger partial charge in [0.1, 0.15) is 5.82 Å². The first-order valence-corrected chi connectivity index (χ1v) is 4.76. The van der Waals surface area contributed by atoms with E-state index in [1.165, 1.54) is 11.3 Å². The maximum Gasteiger partial charge on any atom is 0.125 e. The molecule has 1 aromatic rings. The van der Waals surface area contributed by atoms with Crippen molar-refractivity contribution in [1.82, 2.24) is 9.97 Å². The quantitative estimate of drug-likeness (QED) is 0.698. The molecule has 1 atom stereocenters. The molecule has 2 N–H and O–H groups in total. The molecule has 1 unspecified atom stereocenters. The molecule has 0 spiro atoms. The molecule has 0 saturated heterocycles. The lowest BCUT2D eigenvalue weighted by atomic mass is 10.0. The monoisotopic (exact) mass is 177 g/mol. The second-order valence-corrected chi connectivity index (χ2v) is 3.69. The van der Waals surface area contributed by atoms with Gasteiger partial charge in [-0.3, -0.25) is 0 Å². The van der Waals surface area contributed by atoms with Crippen LogP contribution >= 0.6 is 0 Å². The van der Waals surface area contributed by atoms with Crippen LogP contribution in [-0.2, 0) is 6.42 Å². The average molecular weight is 177 g/mol. The molecule has 0 aromatic carbocycles. The minimum absolute atomic E-state index is 0.496. The molecule has 1 aliphatic carbocycles. The Hall–Kier alpha value is -0.960. The fraction of sp³-hybridized carbons (Fsp3) is 0.600. The zero-order chi connectivity index (χ0) is 9.42. The number of hydrogen-bond donors (Lipinski definition) is 1. The summed E-state index contributed by atoms with van der Waals surface area (Å²) in [5.41, 5.74) is 9.36. The summed E-state index contributed by atoms with van der Waals surface area (Å²) in [6.07, 6.45) is 2.21. The molecule has 70 valence electrons. The normalized spacial score (nSPS) is 20.4. The van der Waals surface area contributed by atoms with Gasteiger partial charge in [0.15, 0.2) is 0 Å². The van der Waals surface area contributed by atoms with E-state index in [1.807, 2.05) is 6.92 Å². The first-order valence-electron chi connectivity index (χ1n) is 4.76. The number of rotatable bonds is 1. The Morgan fingerprint density at radius 1 is 1.38 bits per heavy atom. The maximum absolute atomic E-state index is 5.70.